The highest BCUT2D eigenvalue weighted by atomic mass is 79.9. The molecule has 1 amide bonds. The molecule has 0 aliphatic carbocycles. The Labute approximate surface area is 136 Å². The molecule has 3 heterocycles. The zero-order chi connectivity index (χ0) is 15.4. The van der Waals surface area contributed by atoms with Crippen molar-refractivity contribution in [3.05, 3.63) is 47.0 Å². The fraction of sp³-hybridized carbons (Fsp3) is 0.333. The third kappa shape index (κ3) is 3.59. The van der Waals surface area contributed by atoms with Crippen LogP contribution in [0.3, 0.4) is 0 Å². The van der Waals surface area contributed by atoms with E-state index in [0.29, 0.717) is 18.1 Å². The second-order valence-corrected chi connectivity index (χ2v) is 5.97. The van der Waals surface area contributed by atoms with Crippen LogP contribution in [0.2, 0.25) is 0 Å². The monoisotopic (exact) mass is 362 g/mol. The highest BCUT2D eigenvalue weighted by molar-refractivity contribution is 9.10. The Hall–Kier alpha value is -2.02. The van der Waals surface area contributed by atoms with Crippen molar-refractivity contribution < 1.29 is 9.53 Å². The smallest absolute Gasteiger partial charge is 0.316 e. The van der Waals surface area contributed by atoms with E-state index >= 15 is 0 Å². The molecule has 0 spiro atoms. The minimum Gasteiger partial charge on any atom is -0.458 e. The van der Waals surface area contributed by atoms with E-state index in [1.807, 2.05) is 4.90 Å². The molecule has 0 saturated carbocycles. The van der Waals surface area contributed by atoms with E-state index < -0.39 is 0 Å². The summed E-state index contributed by atoms with van der Waals surface area (Å²) in [7, 11) is 0. The number of hydrogen-bond donors (Lipinski definition) is 0. The summed E-state index contributed by atoms with van der Waals surface area (Å²) in [4.78, 5) is 26.4. The Morgan fingerprint density at radius 2 is 2.00 bits per heavy atom. The number of ether oxygens (including phenoxy) is 1. The van der Waals surface area contributed by atoms with Crippen LogP contribution in [0.25, 0.3) is 0 Å². The molecule has 3 rings (SSSR count). The highest BCUT2D eigenvalue weighted by Crippen LogP contribution is 2.18. The molecule has 1 atom stereocenters. The van der Waals surface area contributed by atoms with Gasteiger partial charge in [-0.2, -0.15) is 0 Å². The quantitative estimate of drug-likeness (QED) is 0.837. The first-order valence-corrected chi connectivity index (χ1v) is 7.85. The van der Waals surface area contributed by atoms with E-state index in [1.54, 1.807) is 36.9 Å². The maximum absolute atomic E-state index is 12.4. The standard InChI is InChI=1S/C15H15BrN4O2/c16-12-8-18-15(19-9-12)22-13-2-1-7-20(10-13)14(21)11-3-5-17-6-4-11/h3-6,8-9,13H,1-2,7,10H2. The van der Waals surface area contributed by atoms with E-state index in [0.717, 1.165) is 23.9 Å². The molecule has 2 aromatic rings. The van der Waals surface area contributed by atoms with Crippen LogP contribution in [0.1, 0.15) is 23.2 Å². The number of likely N-dealkylation sites (tertiary alicyclic amines) is 1. The number of halogens is 1. The molecule has 1 aliphatic heterocycles. The van der Waals surface area contributed by atoms with Gasteiger partial charge >= 0.3 is 6.01 Å². The van der Waals surface area contributed by atoms with Gasteiger partial charge in [-0.15, -0.1) is 0 Å². The Kier molecular flexibility index (Phi) is 4.62. The number of aromatic nitrogens is 3. The number of nitrogens with zero attached hydrogens (tertiary/aromatic N) is 4. The zero-order valence-electron chi connectivity index (χ0n) is 11.9. The van der Waals surface area contributed by atoms with Crippen molar-refractivity contribution in [2.75, 3.05) is 13.1 Å². The third-order valence-electron chi connectivity index (χ3n) is 3.46. The summed E-state index contributed by atoms with van der Waals surface area (Å²) in [6, 6.07) is 3.79. The van der Waals surface area contributed by atoms with Crippen LogP contribution in [-0.2, 0) is 0 Å². The van der Waals surface area contributed by atoms with Gasteiger partial charge in [-0.1, -0.05) is 0 Å². The first kappa shape index (κ1) is 14.9. The second-order valence-electron chi connectivity index (χ2n) is 5.05. The van der Waals surface area contributed by atoms with Gasteiger partial charge in [0.15, 0.2) is 0 Å². The number of hydrogen-bond acceptors (Lipinski definition) is 5. The third-order valence-corrected chi connectivity index (χ3v) is 3.87. The summed E-state index contributed by atoms with van der Waals surface area (Å²) in [5.41, 5.74) is 0.649. The summed E-state index contributed by atoms with van der Waals surface area (Å²) in [5, 5.41) is 0. The van der Waals surface area contributed by atoms with Gasteiger partial charge in [0, 0.05) is 36.9 Å². The molecule has 1 fully saturated rings. The lowest BCUT2D eigenvalue weighted by Gasteiger charge is -2.32. The van der Waals surface area contributed by atoms with Crippen molar-refractivity contribution >= 4 is 21.8 Å². The zero-order valence-corrected chi connectivity index (χ0v) is 13.4. The number of carbonyl (C=O) groups is 1. The van der Waals surface area contributed by atoms with Gasteiger partial charge in [0.2, 0.25) is 0 Å². The van der Waals surface area contributed by atoms with Crippen LogP contribution in [-0.4, -0.2) is 45.0 Å². The Morgan fingerprint density at radius 1 is 1.27 bits per heavy atom. The highest BCUT2D eigenvalue weighted by Gasteiger charge is 2.26. The minimum absolute atomic E-state index is 0.00687. The van der Waals surface area contributed by atoms with Gasteiger partial charge in [-0.3, -0.25) is 9.78 Å². The average molecular weight is 363 g/mol. The molecule has 6 nitrogen and oxygen atoms in total. The SMILES string of the molecule is O=C(c1ccncc1)N1CCCC(Oc2ncc(Br)cn2)C1. The lowest BCUT2D eigenvalue weighted by atomic mass is 10.1. The lowest BCUT2D eigenvalue weighted by molar-refractivity contribution is 0.0515. The maximum atomic E-state index is 12.4. The van der Waals surface area contributed by atoms with Crippen LogP contribution in [0.5, 0.6) is 6.01 Å². The molecule has 22 heavy (non-hydrogen) atoms. The molecule has 0 aromatic carbocycles. The van der Waals surface area contributed by atoms with Gasteiger partial charge < -0.3 is 9.64 Å². The van der Waals surface area contributed by atoms with E-state index in [4.69, 9.17) is 4.74 Å². The molecular weight excluding hydrogens is 348 g/mol. The van der Waals surface area contributed by atoms with Crippen LogP contribution in [0, 0.1) is 0 Å². The predicted molar refractivity (Wildman–Crippen MR) is 83.5 cm³/mol. The van der Waals surface area contributed by atoms with Gasteiger partial charge in [-0.05, 0) is 40.9 Å². The molecule has 2 aromatic heterocycles. The normalized spacial score (nSPS) is 18.0. The van der Waals surface area contributed by atoms with Crippen molar-refractivity contribution in [1.82, 2.24) is 19.9 Å². The van der Waals surface area contributed by atoms with Crippen LogP contribution in [0.15, 0.2) is 41.4 Å². The summed E-state index contributed by atoms with van der Waals surface area (Å²) >= 11 is 3.29. The Bertz CT molecular complexity index is 636. The predicted octanol–water partition coefficient (Wildman–Crippen LogP) is 2.32. The van der Waals surface area contributed by atoms with E-state index in [2.05, 4.69) is 30.9 Å². The van der Waals surface area contributed by atoms with Crippen molar-refractivity contribution in [3.8, 4) is 6.01 Å². The number of piperidine rings is 1. The van der Waals surface area contributed by atoms with Gasteiger partial charge in [0.05, 0.1) is 11.0 Å². The number of rotatable bonds is 3. The Morgan fingerprint density at radius 3 is 2.73 bits per heavy atom. The fourth-order valence-corrected chi connectivity index (χ4v) is 2.61. The number of carbonyl (C=O) groups excluding carboxylic acids is 1. The van der Waals surface area contributed by atoms with Crippen molar-refractivity contribution in [3.63, 3.8) is 0 Å². The summed E-state index contributed by atoms with van der Waals surface area (Å²) in [5.74, 6) is 0.00687. The number of amides is 1. The maximum Gasteiger partial charge on any atom is 0.316 e. The average Bonchev–Trinajstić information content (AvgIpc) is 2.57. The van der Waals surface area contributed by atoms with Crippen LogP contribution in [0.4, 0.5) is 0 Å². The molecule has 0 N–H and O–H groups in total. The summed E-state index contributed by atoms with van der Waals surface area (Å²) < 4.78 is 6.58. The molecule has 114 valence electrons. The second kappa shape index (κ2) is 6.83. The molecule has 1 saturated heterocycles. The summed E-state index contributed by atoms with van der Waals surface area (Å²) in [6.07, 6.45) is 8.25. The molecule has 7 heteroatoms. The minimum atomic E-state index is -0.0827. The van der Waals surface area contributed by atoms with Crippen LogP contribution < -0.4 is 4.74 Å². The van der Waals surface area contributed by atoms with Gasteiger partial charge in [-0.25, -0.2) is 9.97 Å². The largest absolute Gasteiger partial charge is 0.458 e. The lowest BCUT2D eigenvalue weighted by Crippen LogP contribution is -2.44. The molecule has 1 unspecified atom stereocenters. The van der Waals surface area contributed by atoms with E-state index in [-0.39, 0.29) is 12.0 Å². The van der Waals surface area contributed by atoms with Crippen LogP contribution >= 0.6 is 15.9 Å². The van der Waals surface area contributed by atoms with E-state index in [1.165, 1.54) is 0 Å². The first-order chi connectivity index (χ1) is 10.7. The topological polar surface area (TPSA) is 68.2 Å². The molecular formula is C15H15BrN4O2. The van der Waals surface area contributed by atoms with E-state index in [9.17, 15) is 4.79 Å². The molecule has 1 aliphatic rings. The van der Waals surface area contributed by atoms with Crippen molar-refractivity contribution in [1.29, 1.82) is 0 Å². The molecule has 0 bridgehead atoms. The summed E-state index contributed by atoms with van der Waals surface area (Å²) in [6.45, 7) is 1.28. The molecule has 0 radical (unpaired) electrons. The Balaban J connectivity index is 1.64. The number of pyridine rings is 1. The van der Waals surface area contributed by atoms with Gasteiger partial charge in [0.25, 0.3) is 5.91 Å². The van der Waals surface area contributed by atoms with Crippen molar-refractivity contribution in [2.24, 2.45) is 0 Å². The van der Waals surface area contributed by atoms with Gasteiger partial charge in [0.1, 0.15) is 6.10 Å². The van der Waals surface area contributed by atoms with Crippen molar-refractivity contribution in [2.45, 2.75) is 18.9 Å². The fourth-order valence-electron chi connectivity index (χ4n) is 2.41. The first-order valence-electron chi connectivity index (χ1n) is 7.06.